The van der Waals surface area contributed by atoms with Crippen molar-refractivity contribution >= 4 is 0 Å². The third-order valence-electron chi connectivity index (χ3n) is 2.61. The second-order valence-electron chi connectivity index (χ2n) is 4.05. The van der Waals surface area contributed by atoms with E-state index in [1.807, 2.05) is 13.0 Å². The Balaban J connectivity index is 3.03. The summed E-state index contributed by atoms with van der Waals surface area (Å²) in [4.78, 5) is 0. The van der Waals surface area contributed by atoms with Crippen LogP contribution >= 0.6 is 0 Å². The van der Waals surface area contributed by atoms with Gasteiger partial charge in [-0.05, 0) is 12.5 Å². The van der Waals surface area contributed by atoms with Crippen molar-refractivity contribution in [2.45, 2.75) is 32.2 Å². The van der Waals surface area contributed by atoms with Gasteiger partial charge in [0.2, 0.25) is 0 Å². The molecule has 0 fully saturated rings. The van der Waals surface area contributed by atoms with Crippen LogP contribution in [-0.4, -0.2) is 11.5 Å². The monoisotopic (exact) mass is 273 g/mol. The van der Waals surface area contributed by atoms with E-state index in [0.29, 0.717) is 12.8 Å². The van der Waals surface area contributed by atoms with E-state index < -0.39 is 24.1 Å². The molecule has 0 bridgehead atoms. The molecule has 0 aromatic heterocycles. The molecule has 0 saturated heterocycles. The maximum atomic E-state index is 12.2. The smallest absolute Gasteiger partial charge is 0.405 e. The molecular formula is C13H14F3NO2. The fourth-order valence-corrected chi connectivity index (χ4v) is 1.76. The molecule has 104 valence electrons. The minimum absolute atomic E-state index is 0.0279. The topological polar surface area (TPSA) is 53.2 Å². The Bertz CT molecular complexity index is 454. The third-order valence-corrected chi connectivity index (χ3v) is 2.61. The zero-order valence-corrected chi connectivity index (χ0v) is 10.3. The standard InChI is InChI=1S/C13H14F3NO2/c1-2-5-9(8-17)12(18)10-6-3-4-7-11(10)19-13(14,15)16/h3-4,6-7,9,12,18H,2,5H2,1H3. The van der Waals surface area contributed by atoms with E-state index in [2.05, 4.69) is 4.74 Å². The van der Waals surface area contributed by atoms with Crippen molar-refractivity contribution < 1.29 is 23.0 Å². The van der Waals surface area contributed by atoms with Gasteiger partial charge in [-0.15, -0.1) is 13.2 Å². The molecule has 0 heterocycles. The first-order valence-electron chi connectivity index (χ1n) is 5.81. The zero-order chi connectivity index (χ0) is 14.5. The fourth-order valence-electron chi connectivity index (χ4n) is 1.76. The normalized spacial score (nSPS) is 14.5. The van der Waals surface area contributed by atoms with Gasteiger partial charge in [0.1, 0.15) is 5.75 Å². The summed E-state index contributed by atoms with van der Waals surface area (Å²) >= 11 is 0. The summed E-state index contributed by atoms with van der Waals surface area (Å²) in [5.41, 5.74) is -0.0279. The van der Waals surface area contributed by atoms with Gasteiger partial charge in [-0.1, -0.05) is 31.5 Å². The van der Waals surface area contributed by atoms with Crippen LogP contribution in [0.1, 0.15) is 31.4 Å². The molecular weight excluding hydrogens is 259 g/mol. The maximum Gasteiger partial charge on any atom is 0.573 e. The third kappa shape index (κ3) is 4.45. The molecule has 0 aliphatic carbocycles. The van der Waals surface area contributed by atoms with Crippen LogP contribution in [0, 0.1) is 17.2 Å². The minimum atomic E-state index is -4.83. The van der Waals surface area contributed by atoms with E-state index in [9.17, 15) is 18.3 Å². The summed E-state index contributed by atoms with van der Waals surface area (Å²) in [6.07, 6.45) is -5.08. The van der Waals surface area contributed by atoms with Crippen molar-refractivity contribution in [3.63, 3.8) is 0 Å². The number of aliphatic hydroxyl groups is 1. The van der Waals surface area contributed by atoms with Crippen LogP contribution in [-0.2, 0) is 0 Å². The van der Waals surface area contributed by atoms with Crippen LogP contribution in [0.25, 0.3) is 0 Å². The van der Waals surface area contributed by atoms with Gasteiger partial charge in [0.25, 0.3) is 0 Å². The van der Waals surface area contributed by atoms with E-state index in [4.69, 9.17) is 5.26 Å². The van der Waals surface area contributed by atoms with Gasteiger partial charge < -0.3 is 9.84 Å². The van der Waals surface area contributed by atoms with Crippen LogP contribution in [0.4, 0.5) is 13.2 Å². The largest absolute Gasteiger partial charge is 0.573 e. The highest BCUT2D eigenvalue weighted by atomic mass is 19.4. The van der Waals surface area contributed by atoms with Crippen LogP contribution in [0.2, 0.25) is 0 Å². The Kier molecular flexibility index (Phi) is 5.19. The Morgan fingerprint density at radius 3 is 2.53 bits per heavy atom. The molecule has 2 unspecified atom stereocenters. The first-order valence-corrected chi connectivity index (χ1v) is 5.81. The number of ether oxygens (including phenoxy) is 1. The van der Waals surface area contributed by atoms with E-state index >= 15 is 0 Å². The number of nitriles is 1. The summed E-state index contributed by atoms with van der Waals surface area (Å²) in [5.74, 6) is -1.23. The summed E-state index contributed by atoms with van der Waals surface area (Å²) in [7, 11) is 0. The number of rotatable bonds is 5. The second-order valence-corrected chi connectivity index (χ2v) is 4.05. The van der Waals surface area contributed by atoms with Crippen molar-refractivity contribution in [1.29, 1.82) is 5.26 Å². The van der Waals surface area contributed by atoms with Crippen LogP contribution in [0.3, 0.4) is 0 Å². The molecule has 6 heteroatoms. The van der Waals surface area contributed by atoms with Gasteiger partial charge in [-0.25, -0.2) is 0 Å². The van der Waals surface area contributed by atoms with Gasteiger partial charge in [0.05, 0.1) is 18.1 Å². The Morgan fingerprint density at radius 1 is 1.37 bits per heavy atom. The van der Waals surface area contributed by atoms with Gasteiger partial charge >= 0.3 is 6.36 Å². The molecule has 0 saturated carbocycles. The van der Waals surface area contributed by atoms with Gasteiger partial charge in [0, 0.05) is 5.56 Å². The highest BCUT2D eigenvalue weighted by Crippen LogP contribution is 2.34. The van der Waals surface area contributed by atoms with Gasteiger partial charge in [-0.2, -0.15) is 5.26 Å². The lowest BCUT2D eigenvalue weighted by Crippen LogP contribution is -2.20. The quantitative estimate of drug-likeness (QED) is 0.892. The fraction of sp³-hybridized carbons (Fsp3) is 0.462. The Hall–Kier alpha value is -1.74. The lowest BCUT2D eigenvalue weighted by molar-refractivity contribution is -0.275. The van der Waals surface area contributed by atoms with E-state index in [0.717, 1.165) is 6.07 Å². The molecule has 0 spiro atoms. The van der Waals surface area contributed by atoms with E-state index in [1.165, 1.54) is 18.2 Å². The summed E-state index contributed by atoms with van der Waals surface area (Å²) in [6.45, 7) is 1.83. The number of aliphatic hydroxyl groups excluding tert-OH is 1. The molecule has 0 amide bonds. The lowest BCUT2D eigenvalue weighted by Gasteiger charge is -2.20. The Labute approximate surface area is 109 Å². The molecule has 2 atom stereocenters. The van der Waals surface area contributed by atoms with Crippen LogP contribution in [0.5, 0.6) is 5.75 Å². The van der Waals surface area contributed by atoms with Crippen molar-refractivity contribution in [1.82, 2.24) is 0 Å². The van der Waals surface area contributed by atoms with Crippen molar-refractivity contribution in [2.24, 2.45) is 5.92 Å². The maximum absolute atomic E-state index is 12.2. The van der Waals surface area contributed by atoms with Crippen molar-refractivity contribution in [3.05, 3.63) is 29.8 Å². The number of hydrogen-bond acceptors (Lipinski definition) is 3. The van der Waals surface area contributed by atoms with Crippen molar-refractivity contribution in [2.75, 3.05) is 0 Å². The number of alkyl halides is 3. The molecule has 1 rings (SSSR count). The van der Waals surface area contributed by atoms with Crippen LogP contribution in [0.15, 0.2) is 24.3 Å². The van der Waals surface area contributed by atoms with Crippen molar-refractivity contribution in [3.8, 4) is 11.8 Å². The predicted octanol–water partition coefficient (Wildman–Crippen LogP) is 3.56. The highest BCUT2D eigenvalue weighted by Gasteiger charge is 2.33. The molecule has 3 nitrogen and oxygen atoms in total. The Morgan fingerprint density at radius 2 is 2.00 bits per heavy atom. The predicted molar refractivity (Wildman–Crippen MR) is 62.1 cm³/mol. The summed E-state index contributed by atoms with van der Waals surface area (Å²) in [5, 5.41) is 19.0. The number of benzene rings is 1. The second kappa shape index (κ2) is 6.43. The number of para-hydroxylation sites is 1. The van der Waals surface area contributed by atoms with E-state index in [1.54, 1.807) is 0 Å². The number of nitrogens with zero attached hydrogens (tertiary/aromatic N) is 1. The lowest BCUT2D eigenvalue weighted by atomic mass is 9.92. The first kappa shape index (κ1) is 15.3. The SMILES string of the molecule is CCCC(C#N)C(O)c1ccccc1OC(F)(F)F. The van der Waals surface area contributed by atoms with Gasteiger partial charge in [-0.3, -0.25) is 0 Å². The molecule has 19 heavy (non-hydrogen) atoms. The van der Waals surface area contributed by atoms with E-state index in [-0.39, 0.29) is 5.56 Å². The molecule has 1 N–H and O–H groups in total. The van der Waals surface area contributed by atoms with Gasteiger partial charge in [0.15, 0.2) is 0 Å². The van der Waals surface area contributed by atoms with Crippen LogP contribution < -0.4 is 4.74 Å². The minimum Gasteiger partial charge on any atom is -0.405 e. The number of hydrogen-bond donors (Lipinski definition) is 1. The average molecular weight is 273 g/mol. The molecule has 0 aliphatic heterocycles. The highest BCUT2D eigenvalue weighted by molar-refractivity contribution is 5.36. The average Bonchev–Trinajstić information content (AvgIpc) is 2.34. The molecule has 1 aromatic rings. The number of halogens is 3. The summed E-state index contributed by atoms with van der Waals surface area (Å²) < 4.78 is 40.6. The summed E-state index contributed by atoms with van der Waals surface area (Å²) in [6, 6.07) is 7.21. The first-order chi connectivity index (χ1) is 8.89. The molecule has 1 aromatic carbocycles. The molecule has 0 radical (unpaired) electrons. The molecule has 0 aliphatic rings. The zero-order valence-electron chi connectivity index (χ0n) is 10.3.